The smallest absolute Gasteiger partial charge is 0.242 e. The molecule has 0 fully saturated rings. The molecule has 0 aliphatic heterocycles. The van der Waals surface area contributed by atoms with E-state index in [1.54, 1.807) is 12.1 Å². The van der Waals surface area contributed by atoms with Crippen molar-refractivity contribution >= 4 is 47.6 Å². The van der Waals surface area contributed by atoms with Gasteiger partial charge in [0.2, 0.25) is 10.0 Å². The van der Waals surface area contributed by atoms with Gasteiger partial charge in [0, 0.05) is 27.2 Å². The summed E-state index contributed by atoms with van der Waals surface area (Å²) in [6.07, 6.45) is 0.748. The van der Waals surface area contributed by atoms with Gasteiger partial charge in [-0.05, 0) is 77.9 Å². The van der Waals surface area contributed by atoms with Crippen molar-refractivity contribution in [2.24, 2.45) is 0 Å². The molecule has 0 bridgehead atoms. The first-order valence-electron chi connectivity index (χ1n) is 6.59. The minimum atomic E-state index is -3.57. The quantitative estimate of drug-likeness (QED) is 0.502. The number of rotatable bonds is 7. The van der Waals surface area contributed by atoms with Gasteiger partial charge in [0.1, 0.15) is 4.90 Å². The molecular weight excluding hydrogens is 422 g/mol. The van der Waals surface area contributed by atoms with E-state index >= 15 is 0 Å². The molecule has 0 atom stereocenters. The molecule has 8 heteroatoms. The molecule has 0 amide bonds. The van der Waals surface area contributed by atoms with Crippen molar-refractivity contribution in [1.29, 1.82) is 0 Å². The SMILES string of the molecule is CC(C)N(C)CCCNS(=O)(=O)c1c(Br)cc(N)cc1Br. The highest BCUT2D eigenvalue weighted by atomic mass is 79.9. The number of benzene rings is 1. The van der Waals surface area contributed by atoms with E-state index in [9.17, 15) is 8.42 Å². The number of nitrogens with one attached hydrogen (secondary N) is 1. The third-order valence-electron chi connectivity index (χ3n) is 3.15. The fourth-order valence-corrected chi connectivity index (χ4v) is 5.39. The molecule has 21 heavy (non-hydrogen) atoms. The average molecular weight is 443 g/mol. The van der Waals surface area contributed by atoms with Gasteiger partial charge in [0.25, 0.3) is 0 Å². The van der Waals surface area contributed by atoms with Crippen LogP contribution in [0.5, 0.6) is 0 Å². The maximum Gasteiger partial charge on any atom is 0.242 e. The lowest BCUT2D eigenvalue weighted by molar-refractivity contribution is 0.271. The van der Waals surface area contributed by atoms with Crippen LogP contribution in [0.1, 0.15) is 20.3 Å². The summed E-state index contributed by atoms with van der Waals surface area (Å²) in [5.41, 5.74) is 6.17. The predicted molar refractivity (Wildman–Crippen MR) is 93.8 cm³/mol. The number of sulfonamides is 1. The van der Waals surface area contributed by atoms with Gasteiger partial charge < -0.3 is 10.6 Å². The van der Waals surface area contributed by atoms with Crippen LogP contribution < -0.4 is 10.5 Å². The lowest BCUT2D eigenvalue weighted by Gasteiger charge is -2.20. The predicted octanol–water partition coefficient (Wildman–Crippen LogP) is 2.80. The summed E-state index contributed by atoms with van der Waals surface area (Å²) in [6.45, 7) is 5.44. The van der Waals surface area contributed by atoms with Gasteiger partial charge in [-0.25, -0.2) is 13.1 Å². The van der Waals surface area contributed by atoms with Crippen molar-refractivity contribution in [2.75, 3.05) is 25.9 Å². The van der Waals surface area contributed by atoms with Crippen molar-refractivity contribution in [3.05, 3.63) is 21.1 Å². The fraction of sp³-hybridized carbons (Fsp3) is 0.538. The van der Waals surface area contributed by atoms with Crippen LogP contribution in [-0.4, -0.2) is 39.5 Å². The van der Waals surface area contributed by atoms with Gasteiger partial charge in [0.05, 0.1) is 0 Å². The van der Waals surface area contributed by atoms with Crippen LogP contribution in [0, 0.1) is 0 Å². The number of nitrogens with two attached hydrogens (primary N) is 1. The average Bonchev–Trinajstić information content (AvgIpc) is 2.32. The van der Waals surface area contributed by atoms with Crippen LogP contribution in [-0.2, 0) is 10.0 Å². The largest absolute Gasteiger partial charge is 0.399 e. The van der Waals surface area contributed by atoms with Crippen molar-refractivity contribution in [3.8, 4) is 0 Å². The molecule has 0 spiro atoms. The van der Waals surface area contributed by atoms with E-state index in [0.717, 1.165) is 13.0 Å². The van der Waals surface area contributed by atoms with Gasteiger partial charge in [-0.3, -0.25) is 0 Å². The van der Waals surface area contributed by atoms with Gasteiger partial charge in [-0.15, -0.1) is 0 Å². The molecule has 0 saturated heterocycles. The maximum atomic E-state index is 12.3. The normalized spacial score (nSPS) is 12.3. The molecule has 1 aromatic carbocycles. The Bertz CT molecular complexity index is 568. The number of hydrogen-bond donors (Lipinski definition) is 2. The van der Waals surface area contributed by atoms with Gasteiger partial charge in [-0.1, -0.05) is 0 Å². The summed E-state index contributed by atoms with van der Waals surface area (Å²) in [7, 11) is -1.55. The molecule has 120 valence electrons. The van der Waals surface area contributed by atoms with Crippen LogP contribution in [0.2, 0.25) is 0 Å². The zero-order valence-electron chi connectivity index (χ0n) is 12.4. The van der Waals surface area contributed by atoms with Gasteiger partial charge >= 0.3 is 0 Å². The van der Waals surface area contributed by atoms with Crippen molar-refractivity contribution < 1.29 is 8.42 Å². The standard InChI is InChI=1S/C13H21Br2N3O2S/c1-9(2)18(3)6-4-5-17-21(19,20)13-11(14)7-10(16)8-12(13)15/h7-9,17H,4-6,16H2,1-3H3. The number of hydrogen-bond acceptors (Lipinski definition) is 4. The number of nitrogen functional groups attached to an aromatic ring is 1. The second-order valence-electron chi connectivity index (χ2n) is 5.14. The molecule has 0 aromatic heterocycles. The summed E-state index contributed by atoms with van der Waals surface area (Å²) in [4.78, 5) is 2.34. The van der Waals surface area contributed by atoms with Crippen LogP contribution in [0.25, 0.3) is 0 Å². The number of nitrogens with zero attached hydrogens (tertiary/aromatic N) is 1. The second-order valence-corrected chi connectivity index (χ2v) is 8.55. The highest BCUT2D eigenvalue weighted by Gasteiger charge is 2.21. The Morgan fingerprint density at radius 2 is 1.81 bits per heavy atom. The molecular formula is C13H21Br2N3O2S. The third-order valence-corrected chi connectivity index (χ3v) is 6.49. The van der Waals surface area contributed by atoms with Gasteiger partial charge in [0.15, 0.2) is 0 Å². The summed E-state index contributed by atoms with van der Waals surface area (Å²) >= 11 is 6.50. The minimum absolute atomic E-state index is 0.175. The molecule has 0 aliphatic rings. The lowest BCUT2D eigenvalue weighted by Crippen LogP contribution is -2.31. The lowest BCUT2D eigenvalue weighted by atomic mass is 10.3. The topological polar surface area (TPSA) is 75.4 Å². The molecule has 1 aromatic rings. The Morgan fingerprint density at radius 1 is 1.29 bits per heavy atom. The van der Waals surface area contributed by atoms with Crippen molar-refractivity contribution in [1.82, 2.24) is 9.62 Å². The van der Waals surface area contributed by atoms with Crippen molar-refractivity contribution in [2.45, 2.75) is 31.2 Å². The van der Waals surface area contributed by atoms with E-state index in [2.05, 4.69) is 55.3 Å². The summed E-state index contributed by atoms with van der Waals surface area (Å²) in [5, 5.41) is 0. The number of halogens is 2. The molecule has 0 radical (unpaired) electrons. The third kappa shape index (κ3) is 5.52. The molecule has 0 saturated carbocycles. The first-order valence-corrected chi connectivity index (χ1v) is 9.66. The van der Waals surface area contributed by atoms with Crippen LogP contribution >= 0.6 is 31.9 Å². The molecule has 3 N–H and O–H groups in total. The molecule has 0 heterocycles. The van der Waals surface area contributed by atoms with E-state index < -0.39 is 10.0 Å². The molecule has 5 nitrogen and oxygen atoms in total. The first-order chi connectivity index (χ1) is 9.65. The highest BCUT2D eigenvalue weighted by molar-refractivity contribution is 9.11. The Labute approximate surface area is 143 Å². The fourth-order valence-electron chi connectivity index (χ4n) is 1.70. The van der Waals surface area contributed by atoms with E-state index in [-0.39, 0.29) is 4.90 Å². The van der Waals surface area contributed by atoms with Crippen LogP contribution in [0.15, 0.2) is 26.0 Å². The zero-order valence-corrected chi connectivity index (χ0v) is 16.3. The summed E-state index contributed by atoms with van der Waals surface area (Å²) in [5.74, 6) is 0. The van der Waals surface area contributed by atoms with E-state index in [0.29, 0.717) is 27.2 Å². The molecule has 1 rings (SSSR count). The van der Waals surface area contributed by atoms with Crippen molar-refractivity contribution in [3.63, 3.8) is 0 Å². The minimum Gasteiger partial charge on any atom is -0.399 e. The number of anilines is 1. The Hall–Kier alpha value is -0.150. The first kappa shape index (κ1) is 18.9. The second kappa shape index (κ2) is 7.92. The maximum absolute atomic E-state index is 12.3. The summed E-state index contributed by atoms with van der Waals surface area (Å²) in [6, 6.07) is 3.60. The monoisotopic (exact) mass is 441 g/mol. The molecule has 0 unspecified atom stereocenters. The van der Waals surface area contributed by atoms with E-state index in [4.69, 9.17) is 5.73 Å². The van der Waals surface area contributed by atoms with Crippen LogP contribution in [0.3, 0.4) is 0 Å². The summed E-state index contributed by atoms with van der Waals surface area (Å²) < 4.78 is 28.2. The Morgan fingerprint density at radius 3 is 2.29 bits per heavy atom. The molecule has 0 aliphatic carbocycles. The van der Waals surface area contributed by atoms with E-state index in [1.807, 2.05) is 7.05 Å². The Balaban J connectivity index is 2.71. The van der Waals surface area contributed by atoms with E-state index in [1.165, 1.54) is 0 Å². The highest BCUT2D eigenvalue weighted by Crippen LogP contribution is 2.32. The zero-order chi connectivity index (χ0) is 16.2. The van der Waals surface area contributed by atoms with Crippen LogP contribution in [0.4, 0.5) is 5.69 Å². The Kier molecular flexibility index (Phi) is 7.12. The van der Waals surface area contributed by atoms with Gasteiger partial charge in [-0.2, -0.15) is 0 Å².